The van der Waals surface area contributed by atoms with Crippen molar-refractivity contribution in [1.82, 2.24) is 10.2 Å². The second-order valence-corrected chi connectivity index (χ2v) is 7.72. The van der Waals surface area contributed by atoms with Crippen molar-refractivity contribution in [3.8, 4) is 11.8 Å². The van der Waals surface area contributed by atoms with Crippen molar-refractivity contribution in [1.29, 1.82) is 5.26 Å². The Bertz CT molecular complexity index is 1010. The molecule has 6 heteroatoms. The van der Waals surface area contributed by atoms with Crippen molar-refractivity contribution in [2.24, 2.45) is 0 Å². The maximum absolute atomic E-state index is 13.4. The number of nitrogens with one attached hydrogen (secondary N) is 1. The summed E-state index contributed by atoms with van der Waals surface area (Å²) in [5, 5.41) is 12.4. The Labute approximate surface area is 163 Å². The van der Waals surface area contributed by atoms with Crippen molar-refractivity contribution in [2.75, 3.05) is 6.61 Å². The molecule has 142 valence electrons. The Balaban J connectivity index is 1.71. The first-order valence-corrected chi connectivity index (χ1v) is 9.25. The summed E-state index contributed by atoms with van der Waals surface area (Å²) in [6, 6.07) is 16.6. The highest BCUT2D eigenvalue weighted by molar-refractivity contribution is 6.07. The van der Waals surface area contributed by atoms with Gasteiger partial charge in [0.25, 0.3) is 5.91 Å². The Morgan fingerprint density at radius 1 is 1.18 bits per heavy atom. The van der Waals surface area contributed by atoms with Crippen LogP contribution in [0.5, 0.6) is 5.75 Å². The van der Waals surface area contributed by atoms with Crippen LogP contribution in [0.15, 0.2) is 48.5 Å². The highest BCUT2D eigenvalue weighted by Gasteiger charge is 2.54. The molecule has 1 unspecified atom stereocenters. The minimum absolute atomic E-state index is 0.122. The fraction of sp³-hybridized carbons (Fsp3) is 0.318. The second-order valence-electron chi connectivity index (χ2n) is 7.72. The molecule has 0 aliphatic carbocycles. The molecule has 2 aliphatic heterocycles. The number of fused-ring (bicyclic) bond motifs is 2. The Morgan fingerprint density at radius 3 is 2.68 bits per heavy atom. The molecular formula is C22H21N3O3. The van der Waals surface area contributed by atoms with E-state index >= 15 is 0 Å². The Kier molecular flexibility index (Phi) is 4.11. The number of ether oxygens (including phenoxy) is 1. The molecule has 0 radical (unpaired) electrons. The lowest BCUT2D eigenvalue weighted by molar-refractivity contribution is -0.133. The van der Waals surface area contributed by atoms with Gasteiger partial charge in [-0.2, -0.15) is 5.26 Å². The first kappa shape index (κ1) is 18.1. The predicted octanol–water partition coefficient (Wildman–Crippen LogP) is 3.22. The molecule has 3 amide bonds. The van der Waals surface area contributed by atoms with Crippen molar-refractivity contribution in [3.63, 3.8) is 0 Å². The van der Waals surface area contributed by atoms with Crippen LogP contribution in [0.25, 0.3) is 0 Å². The van der Waals surface area contributed by atoms with Gasteiger partial charge in [-0.05, 0) is 31.0 Å². The number of hydrogen-bond donors (Lipinski definition) is 1. The van der Waals surface area contributed by atoms with Gasteiger partial charge in [0.2, 0.25) is 0 Å². The number of nitriles is 1. The van der Waals surface area contributed by atoms with Crippen LogP contribution in [-0.2, 0) is 22.3 Å². The monoisotopic (exact) mass is 375 g/mol. The van der Waals surface area contributed by atoms with Gasteiger partial charge in [-0.15, -0.1) is 0 Å². The number of imide groups is 1. The molecule has 2 aromatic carbocycles. The van der Waals surface area contributed by atoms with Crippen molar-refractivity contribution >= 4 is 11.9 Å². The summed E-state index contributed by atoms with van der Waals surface area (Å²) in [6.45, 7) is 4.13. The van der Waals surface area contributed by atoms with Crippen LogP contribution in [0.1, 0.15) is 37.0 Å². The Hall–Kier alpha value is -3.33. The third kappa shape index (κ3) is 2.63. The number of carbonyl (C=O) groups is 2. The molecule has 1 atom stereocenters. The Morgan fingerprint density at radius 2 is 1.89 bits per heavy atom. The molecule has 1 fully saturated rings. The third-order valence-corrected chi connectivity index (χ3v) is 5.56. The second kappa shape index (κ2) is 6.38. The summed E-state index contributed by atoms with van der Waals surface area (Å²) in [4.78, 5) is 27.4. The predicted molar refractivity (Wildman–Crippen MR) is 102 cm³/mol. The molecule has 0 aromatic heterocycles. The van der Waals surface area contributed by atoms with Gasteiger partial charge >= 0.3 is 6.03 Å². The van der Waals surface area contributed by atoms with Crippen LogP contribution >= 0.6 is 0 Å². The summed E-state index contributed by atoms with van der Waals surface area (Å²) >= 11 is 0. The average molecular weight is 375 g/mol. The van der Waals surface area contributed by atoms with E-state index in [2.05, 4.69) is 11.4 Å². The van der Waals surface area contributed by atoms with Gasteiger partial charge < -0.3 is 10.1 Å². The highest BCUT2D eigenvalue weighted by atomic mass is 16.5. The van der Waals surface area contributed by atoms with Crippen molar-refractivity contribution in [3.05, 3.63) is 65.2 Å². The first-order chi connectivity index (χ1) is 13.4. The van der Waals surface area contributed by atoms with E-state index < -0.39 is 17.0 Å². The number of carbonyl (C=O) groups excluding carboxylic acids is 2. The van der Waals surface area contributed by atoms with E-state index in [0.29, 0.717) is 24.3 Å². The van der Waals surface area contributed by atoms with Crippen molar-refractivity contribution < 1.29 is 14.3 Å². The molecule has 6 nitrogen and oxygen atoms in total. The van der Waals surface area contributed by atoms with E-state index in [1.807, 2.05) is 62.4 Å². The summed E-state index contributed by atoms with van der Waals surface area (Å²) in [7, 11) is 0. The van der Waals surface area contributed by atoms with Gasteiger partial charge in [0.1, 0.15) is 5.75 Å². The number of benzene rings is 2. The van der Waals surface area contributed by atoms with Gasteiger partial charge in [-0.1, -0.05) is 42.5 Å². The van der Waals surface area contributed by atoms with E-state index in [4.69, 9.17) is 4.74 Å². The maximum Gasteiger partial charge on any atom is 0.325 e. The minimum Gasteiger partial charge on any atom is -0.493 e. The standard InChI is InChI=1S/C22H21N3O3/c1-21(2,14-23)16-8-4-3-7-15(16)13-25-19(26)22(24-20(25)27)11-12-28-18-10-6-5-9-17(18)22/h3-10H,11-13H2,1-2H3,(H,24,27). The molecule has 28 heavy (non-hydrogen) atoms. The molecule has 4 rings (SSSR count). The van der Waals surface area contributed by atoms with E-state index in [1.165, 1.54) is 4.90 Å². The fourth-order valence-corrected chi connectivity index (χ4v) is 4.01. The topological polar surface area (TPSA) is 82.4 Å². The zero-order valence-electron chi connectivity index (χ0n) is 15.9. The molecule has 2 heterocycles. The summed E-state index contributed by atoms with van der Waals surface area (Å²) in [5.74, 6) is 0.341. The van der Waals surface area contributed by atoms with Gasteiger partial charge in [0.05, 0.1) is 24.6 Å². The zero-order valence-corrected chi connectivity index (χ0v) is 15.9. The van der Waals surface area contributed by atoms with Gasteiger partial charge in [-0.3, -0.25) is 9.69 Å². The van der Waals surface area contributed by atoms with E-state index in [9.17, 15) is 14.9 Å². The number of nitrogens with zero attached hydrogens (tertiary/aromatic N) is 2. The molecular weight excluding hydrogens is 354 g/mol. The molecule has 1 saturated heterocycles. The fourth-order valence-electron chi connectivity index (χ4n) is 4.01. The van der Waals surface area contributed by atoms with Crippen LogP contribution < -0.4 is 10.1 Å². The van der Waals surface area contributed by atoms with E-state index in [-0.39, 0.29) is 12.5 Å². The summed E-state index contributed by atoms with van der Waals surface area (Å²) in [5.41, 5.74) is 0.471. The lowest BCUT2D eigenvalue weighted by Gasteiger charge is -2.33. The lowest BCUT2D eigenvalue weighted by atomic mass is 9.82. The molecule has 1 spiro atoms. The van der Waals surface area contributed by atoms with Gasteiger partial charge in [-0.25, -0.2) is 4.79 Å². The van der Waals surface area contributed by atoms with Crippen LogP contribution in [0.2, 0.25) is 0 Å². The molecule has 1 N–H and O–H groups in total. The summed E-state index contributed by atoms with van der Waals surface area (Å²) in [6.07, 6.45) is 0.385. The van der Waals surface area contributed by atoms with Crippen LogP contribution in [0.4, 0.5) is 4.79 Å². The van der Waals surface area contributed by atoms with E-state index in [1.54, 1.807) is 0 Å². The highest BCUT2D eigenvalue weighted by Crippen LogP contribution is 2.41. The quantitative estimate of drug-likeness (QED) is 0.835. The van der Waals surface area contributed by atoms with E-state index in [0.717, 1.165) is 11.1 Å². The van der Waals surface area contributed by atoms with Gasteiger partial charge in [0.15, 0.2) is 5.54 Å². The smallest absolute Gasteiger partial charge is 0.325 e. The maximum atomic E-state index is 13.4. The average Bonchev–Trinajstić information content (AvgIpc) is 2.93. The zero-order chi connectivity index (χ0) is 19.9. The first-order valence-electron chi connectivity index (χ1n) is 9.25. The van der Waals surface area contributed by atoms with Crippen LogP contribution in [-0.4, -0.2) is 23.4 Å². The molecule has 2 aromatic rings. The third-order valence-electron chi connectivity index (χ3n) is 5.56. The number of hydrogen-bond acceptors (Lipinski definition) is 4. The largest absolute Gasteiger partial charge is 0.493 e. The van der Waals surface area contributed by atoms with Crippen molar-refractivity contribution in [2.45, 2.75) is 37.8 Å². The minimum atomic E-state index is -1.09. The van der Waals surface area contributed by atoms with Crippen LogP contribution in [0.3, 0.4) is 0 Å². The number of urea groups is 1. The number of rotatable bonds is 3. The number of amides is 3. The van der Waals surface area contributed by atoms with Gasteiger partial charge in [0, 0.05) is 12.0 Å². The van der Waals surface area contributed by atoms with Crippen LogP contribution in [0, 0.1) is 11.3 Å². The summed E-state index contributed by atoms with van der Waals surface area (Å²) < 4.78 is 5.67. The lowest BCUT2D eigenvalue weighted by Crippen LogP contribution is -2.47. The molecule has 0 saturated carbocycles. The molecule has 2 aliphatic rings. The SMILES string of the molecule is CC(C)(C#N)c1ccccc1CN1C(=O)NC2(CCOc3ccccc32)C1=O. The number of para-hydroxylation sites is 1. The molecule has 0 bridgehead atoms. The normalized spacial score (nSPS) is 21.1.